The molecule has 1 aromatic heterocycles. The van der Waals surface area contributed by atoms with E-state index < -0.39 is 0 Å². The molecule has 1 aromatic rings. The highest BCUT2D eigenvalue weighted by molar-refractivity contribution is 6.18. The van der Waals surface area contributed by atoms with E-state index in [0.717, 1.165) is 38.4 Å². The zero-order chi connectivity index (χ0) is 11.1. The number of aryl methyl sites for hydroxylation is 1. The molecule has 0 radical (unpaired) electrons. The highest BCUT2D eigenvalue weighted by Gasteiger charge is 2.08. The summed E-state index contributed by atoms with van der Waals surface area (Å²) in [5.74, 6) is 1.69. The third kappa shape index (κ3) is 3.80. The molecule has 0 amide bonds. The van der Waals surface area contributed by atoms with Gasteiger partial charge >= 0.3 is 0 Å². The zero-order valence-electron chi connectivity index (χ0n) is 9.49. The van der Waals surface area contributed by atoms with Crippen LogP contribution in [0.25, 0.3) is 0 Å². The van der Waals surface area contributed by atoms with Gasteiger partial charge in [0.05, 0.1) is 6.54 Å². The lowest BCUT2D eigenvalue weighted by molar-refractivity contribution is 0.282. The highest BCUT2D eigenvalue weighted by atomic mass is 35.5. The maximum Gasteiger partial charge on any atom is 0.141 e. The monoisotopic (exact) mass is 230 g/mol. The van der Waals surface area contributed by atoms with E-state index in [2.05, 4.69) is 28.8 Å². The summed E-state index contributed by atoms with van der Waals surface area (Å²) in [6.45, 7) is 7.94. The maximum absolute atomic E-state index is 5.73. The van der Waals surface area contributed by atoms with Crippen LogP contribution < -0.4 is 0 Å². The van der Waals surface area contributed by atoms with E-state index in [-0.39, 0.29) is 0 Å². The Bertz CT molecular complexity index is 274. The molecule has 4 nitrogen and oxygen atoms in total. The smallest absolute Gasteiger partial charge is 0.141 e. The lowest BCUT2D eigenvalue weighted by Gasteiger charge is -2.18. The van der Waals surface area contributed by atoms with Gasteiger partial charge in [-0.1, -0.05) is 13.8 Å². The molecule has 0 fully saturated rings. The summed E-state index contributed by atoms with van der Waals surface area (Å²) in [5.41, 5.74) is 0. The van der Waals surface area contributed by atoms with Crippen LogP contribution in [0.5, 0.6) is 0 Å². The van der Waals surface area contributed by atoms with E-state index in [1.165, 1.54) is 0 Å². The standard InChI is InChI=1S/C10H19ClN4/c1-3-6-15-10(12-9-13-15)8-14(4-2)7-5-11/h9H,3-8H2,1-2H3. The Labute approximate surface area is 96.2 Å². The summed E-state index contributed by atoms with van der Waals surface area (Å²) in [4.78, 5) is 6.54. The fourth-order valence-corrected chi connectivity index (χ4v) is 1.72. The Morgan fingerprint density at radius 3 is 2.87 bits per heavy atom. The summed E-state index contributed by atoms with van der Waals surface area (Å²) in [6, 6.07) is 0. The highest BCUT2D eigenvalue weighted by Crippen LogP contribution is 2.02. The number of halogens is 1. The third-order valence-corrected chi connectivity index (χ3v) is 2.51. The Balaban J connectivity index is 2.57. The zero-order valence-corrected chi connectivity index (χ0v) is 10.2. The second-order valence-corrected chi connectivity index (χ2v) is 3.84. The van der Waals surface area contributed by atoms with Crippen LogP contribution in [0.1, 0.15) is 26.1 Å². The fourth-order valence-electron chi connectivity index (χ4n) is 1.48. The molecule has 15 heavy (non-hydrogen) atoms. The van der Waals surface area contributed by atoms with Gasteiger partial charge < -0.3 is 0 Å². The van der Waals surface area contributed by atoms with E-state index in [4.69, 9.17) is 11.6 Å². The van der Waals surface area contributed by atoms with Gasteiger partial charge in [-0.3, -0.25) is 4.90 Å². The van der Waals surface area contributed by atoms with Gasteiger partial charge in [0.25, 0.3) is 0 Å². The van der Waals surface area contributed by atoms with Crippen molar-refractivity contribution in [1.82, 2.24) is 19.7 Å². The normalized spacial score (nSPS) is 11.2. The Morgan fingerprint density at radius 2 is 2.27 bits per heavy atom. The van der Waals surface area contributed by atoms with Crippen molar-refractivity contribution in [3.63, 3.8) is 0 Å². The minimum atomic E-state index is 0.662. The Kier molecular flexibility index (Phi) is 5.65. The molecule has 0 aromatic carbocycles. The van der Waals surface area contributed by atoms with Crippen molar-refractivity contribution >= 4 is 11.6 Å². The van der Waals surface area contributed by atoms with Crippen LogP contribution in [0.3, 0.4) is 0 Å². The van der Waals surface area contributed by atoms with Gasteiger partial charge in [-0.2, -0.15) is 5.10 Å². The van der Waals surface area contributed by atoms with Gasteiger partial charge in [0.1, 0.15) is 12.2 Å². The average Bonchev–Trinajstić information content (AvgIpc) is 2.66. The van der Waals surface area contributed by atoms with Crippen molar-refractivity contribution in [3.8, 4) is 0 Å². The Morgan fingerprint density at radius 1 is 1.47 bits per heavy atom. The van der Waals surface area contributed by atoms with Crippen LogP contribution in [0.2, 0.25) is 0 Å². The molecule has 86 valence electrons. The van der Waals surface area contributed by atoms with Crippen molar-refractivity contribution in [1.29, 1.82) is 0 Å². The number of nitrogens with zero attached hydrogens (tertiary/aromatic N) is 4. The van der Waals surface area contributed by atoms with Crippen LogP contribution in [0.4, 0.5) is 0 Å². The van der Waals surface area contributed by atoms with Crippen LogP contribution in [0, 0.1) is 0 Å². The molecule has 0 atom stereocenters. The largest absolute Gasteiger partial charge is 0.295 e. The van der Waals surface area contributed by atoms with Gasteiger partial charge in [-0.05, 0) is 13.0 Å². The number of hydrogen-bond donors (Lipinski definition) is 0. The van der Waals surface area contributed by atoms with E-state index in [1.54, 1.807) is 6.33 Å². The maximum atomic E-state index is 5.73. The predicted molar refractivity (Wildman–Crippen MR) is 62.0 cm³/mol. The van der Waals surface area contributed by atoms with E-state index in [9.17, 15) is 0 Å². The topological polar surface area (TPSA) is 34.0 Å². The molecule has 1 rings (SSSR count). The van der Waals surface area contributed by atoms with Gasteiger partial charge in [0.2, 0.25) is 0 Å². The van der Waals surface area contributed by atoms with Crippen LogP contribution in [-0.4, -0.2) is 38.6 Å². The second-order valence-electron chi connectivity index (χ2n) is 3.46. The molecule has 1 heterocycles. The fraction of sp³-hybridized carbons (Fsp3) is 0.800. The SMILES string of the molecule is CCCn1ncnc1CN(CC)CCCl. The lowest BCUT2D eigenvalue weighted by atomic mass is 10.4. The molecular weight excluding hydrogens is 212 g/mol. The minimum Gasteiger partial charge on any atom is -0.295 e. The average molecular weight is 231 g/mol. The van der Waals surface area contributed by atoms with Gasteiger partial charge in [-0.25, -0.2) is 9.67 Å². The first-order valence-corrected chi connectivity index (χ1v) is 6.00. The molecule has 0 aliphatic rings. The minimum absolute atomic E-state index is 0.662. The first-order valence-electron chi connectivity index (χ1n) is 5.46. The summed E-state index contributed by atoms with van der Waals surface area (Å²) in [5, 5.41) is 4.20. The van der Waals surface area contributed by atoms with Gasteiger partial charge in [0, 0.05) is 19.0 Å². The number of rotatable bonds is 7. The lowest BCUT2D eigenvalue weighted by Crippen LogP contribution is -2.27. The molecule has 0 N–H and O–H groups in total. The number of hydrogen-bond acceptors (Lipinski definition) is 3. The molecule has 5 heteroatoms. The van der Waals surface area contributed by atoms with Crippen molar-refractivity contribution in [2.45, 2.75) is 33.4 Å². The molecule has 0 spiro atoms. The van der Waals surface area contributed by atoms with Crippen molar-refractivity contribution in [3.05, 3.63) is 12.2 Å². The Hall–Kier alpha value is -0.610. The molecule has 0 unspecified atom stereocenters. The van der Waals surface area contributed by atoms with E-state index in [0.29, 0.717) is 5.88 Å². The summed E-state index contributed by atoms with van der Waals surface area (Å²) in [6.07, 6.45) is 2.71. The van der Waals surface area contributed by atoms with E-state index >= 15 is 0 Å². The molecular formula is C10H19ClN4. The molecule has 0 aliphatic heterocycles. The second kappa shape index (κ2) is 6.80. The summed E-state index contributed by atoms with van der Waals surface area (Å²) >= 11 is 5.73. The predicted octanol–water partition coefficient (Wildman–Crippen LogP) is 1.75. The first kappa shape index (κ1) is 12.5. The van der Waals surface area contributed by atoms with Crippen LogP contribution in [0.15, 0.2) is 6.33 Å². The van der Waals surface area contributed by atoms with Crippen molar-refractivity contribution < 1.29 is 0 Å². The first-order chi connectivity index (χ1) is 7.31. The van der Waals surface area contributed by atoms with Crippen molar-refractivity contribution in [2.75, 3.05) is 19.0 Å². The van der Waals surface area contributed by atoms with E-state index in [1.807, 2.05) is 4.68 Å². The molecule has 0 bridgehead atoms. The van der Waals surface area contributed by atoms with Crippen LogP contribution >= 0.6 is 11.6 Å². The number of aromatic nitrogens is 3. The van der Waals surface area contributed by atoms with Crippen LogP contribution in [-0.2, 0) is 13.1 Å². The third-order valence-electron chi connectivity index (χ3n) is 2.34. The number of alkyl halides is 1. The summed E-state index contributed by atoms with van der Waals surface area (Å²) in [7, 11) is 0. The molecule has 0 saturated carbocycles. The van der Waals surface area contributed by atoms with Gasteiger partial charge in [0.15, 0.2) is 0 Å². The summed E-state index contributed by atoms with van der Waals surface area (Å²) < 4.78 is 1.97. The van der Waals surface area contributed by atoms with Crippen molar-refractivity contribution in [2.24, 2.45) is 0 Å². The molecule has 0 saturated heterocycles. The quantitative estimate of drug-likeness (QED) is 0.670. The van der Waals surface area contributed by atoms with Gasteiger partial charge in [-0.15, -0.1) is 11.6 Å². The molecule has 0 aliphatic carbocycles.